The molecule has 0 aromatic heterocycles. The molecule has 0 spiro atoms. The van der Waals surface area contributed by atoms with E-state index in [-0.39, 0.29) is 5.78 Å². The van der Waals surface area contributed by atoms with Gasteiger partial charge >= 0.3 is 0 Å². The van der Waals surface area contributed by atoms with Crippen LogP contribution in [0.15, 0.2) is 57.9 Å². The van der Waals surface area contributed by atoms with Crippen molar-refractivity contribution in [3.05, 3.63) is 58.6 Å². The lowest BCUT2D eigenvalue weighted by Gasteiger charge is -2.04. The maximum atomic E-state index is 12.0. The van der Waals surface area contributed by atoms with Crippen molar-refractivity contribution in [3.8, 4) is 5.75 Å². The molecule has 0 aliphatic heterocycles. The van der Waals surface area contributed by atoms with E-state index >= 15 is 0 Å². The Morgan fingerprint density at radius 3 is 2.63 bits per heavy atom. The van der Waals surface area contributed by atoms with Crippen LogP contribution in [0.25, 0.3) is 0 Å². The number of carbonyl (C=O) groups is 1. The number of carbonyl (C=O) groups excluding carboxylic acids is 1. The van der Waals surface area contributed by atoms with Crippen molar-refractivity contribution in [1.82, 2.24) is 0 Å². The molecule has 98 valence electrons. The fourth-order valence-corrected chi connectivity index (χ4v) is 2.66. The van der Waals surface area contributed by atoms with Crippen molar-refractivity contribution in [1.29, 1.82) is 0 Å². The summed E-state index contributed by atoms with van der Waals surface area (Å²) < 4.78 is 6.13. The Kier molecular flexibility index (Phi) is 5.05. The monoisotopic (exact) mass is 336 g/mol. The lowest BCUT2D eigenvalue weighted by Crippen LogP contribution is -2.01. The molecule has 19 heavy (non-hydrogen) atoms. The van der Waals surface area contributed by atoms with Gasteiger partial charge in [0, 0.05) is 14.9 Å². The molecular weight excluding hydrogens is 324 g/mol. The Bertz CT molecular complexity index is 567. The van der Waals surface area contributed by atoms with E-state index in [1.165, 1.54) is 11.8 Å². The van der Waals surface area contributed by atoms with Crippen molar-refractivity contribution in [2.75, 3.05) is 12.9 Å². The second-order valence-corrected chi connectivity index (χ2v) is 5.86. The molecule has 0 aliphatic carbocycles. The van der Waals surface area contributed by atoms with E-state index in [0.717, 1.165) is 20.7 Å². The molecule has 0 amide bonds. The molecule has 0 unspecified atom stereocenters. The molecule has 0 aliphatic rings. The minimum atomic E-state index is 0.125. The maximum Gasteiger partial charge on any atom is 0.173 e. The van der Waals surface area contributed by atoms with Crippen LogP contribution >= 0.6 is 27.7 Å². The SMILES string of the molecule is COc1cccc(SCC(=O)c2ccc(Br)cc2)c1. The highest BCUT2D eigenvalue weighted by molar-refractivity contribution is 9.10. The van der Waals surface area contributed by atoms with Crippen LogP contribution in [0.3, 0.4) is 0 Å². The summed E-state index contributed by atoms with van der Waals surface area (Å²) in [6.07, 6.45) is 0. The topological polar surface area (TPSA) is 26.3 Å². The van der Waals surface area contributed by atoms with Gasteiger partial charge in [0.1, 0.15) is 5.75 Å². The molecule has 0 bridgehead atoms. The number of rotatable bonds is 5. The van der Waals surface area contributed by atoms with E-state index in [2.05, 4.69) is 15.9 Å². The largest absolute Gasteiger partial charge is 0.497 e. The predicted molar refractivity (Wildman–Crippen MR) is 82.2 cm³/mol. The molecule has 2 aromatic rings. The first-order valence-electron chi connectivity index (χ1n) is 5.74. The Hall–Kier alpha value is -1.26. The standard InChI is InChI=1S/C15H13BrO2S/c1-18-13-3-2-4-14(9-13)19-10-15(17)11-5-7-12(16)8-6-11/h2-9H,10H2,1H3. The zero-order chi connectivity index (χ0) is 13.7. The third-order valence-electron chi connectivity index (χ3n) is 2.58. The van der Waals surface area contributed by atoms with Gasteiger partial charge < -0.3 is 4.74 Å². The molecule has 2 aromatic carbocycles. The molecule has 4 heteroatoms. The Labute approximate surface area is 125 Å². The van der Waals surface area contributed by atoms with Gasteiger partial charge in [-0.2, -0.15) is 0 Å². The number of Topliss-reactive ketones (excluding diaryl/α,β-unsaturated/α-hetero) is 1. The third kappa shape index (κ3) is 4.11. The first-order valence-corrected chi connectivity index (χ1v) is 7.52. The summed E-state index contributed by atoms with van der Waals surface area (Å²) in [5, 5.41) is 0. The molecule has 0 N–H and O–H groups in total. The maximum absolute atomic E-state index is 12.0. The summed E-state index contributed by atoms with van der Waals surface area (Å²) in [5.74, 6) is 1.36. The van der Waals surface area contributed by atoms with Crippen LogP contribution in [0.1, 0.15) is 10.4 Å². The number of methoxy groups -OCH3 is 1. The number of ketones is 1. The minimum absolute atomic E-state index is 0.125. The van der Waals surface area contributed by atoms with Gasteiger partial charge in [-0.05, 0) is 30.3 Å². The van der Waals surface area contributed by atoms with Crippen molar-refractivity contribution in [2.45, 2.75) is 4.90 Å². The van der Waals surface area contributed by atoms with Gasteiger partial charge in [0.2, 0.25) is 0 Å². The minimum Gasteiger partial charge on any atom is -0.497 e. The highest BCUT2D eigenvalue weighted by Crippen LogP contribution is 2.23. The van der Waals surface area contributed by atoms with E-state index in [9.17, 15) is 4.79 Å². The summed E-state index contributed by atoms with van der Waals surface area (Å²) in [7, 11) is 1.64. The lowest BCUT2D eigenvalue weighted by atomic mass is 10.2. The number of ether oxygens (including phenoxy) is 1. The fourth-order valence-electron chi connectivity index (χ4n) is 1.56. The van der Waals surface area contributed by atoms with Gasteiger partial charge in [0.05, 0.1) is 12.9 Å². The normalized spacial score (nSPS) is 10.2. The van der Waals surface area contributed by atoms with E-state index < -0.39 is 0 Å². The quantitative estimate of drug-likeness (QED) is 0.596. The van der Waals surface area contributed by atoms with Crippen LogP contribution in [-0.2, 0) is 0 Å². The first kappa shape index (κ1) is 14.2. The van der Waals surface area contributed by atoms with Crippen LogP contribution in [0.2, 0.25) is 0 Å². The summed E-state index contributed by atoms with van der Waals surface area (Å²) in [6, 6.07) is 15.1. The smallest absolute Gasteiger partial charge is 0.173 e. The second-order valence-electron chi connectivity index (χ2n) is 3.90. The van der Waals surface area contributed by atoms with E-state index in [1.807, 2.05) is 48.5 Å². The van der Waals surface area contributed by atoms with Crippen LogP contribution in [-0.4, -0.2) is 18.6 Å². The average molecular weight is 337 g/mol. The average Bonchev–Trinajstić information content (AvgIpc) is 2.46. The van der Waals surface area contributed by atoms with E-state index in [1.54, 1.807) is 7.11 Å². The summed E-state index contributed by atoms with van der Waals surface area (Å²) in [6.45, 7) is 0. The molecule has 0 saturated heterocycles. The van der Waals surface area contributed by atoms with Gasteiger partial charge in [-0.15, -0.1) is 11.8 Å². The molecule has 0 radical (unpaired) electrons. The molecule has 0 heterocycles. The zero-order valence-electron chi connectivity index (χ0n) is 10.4. The zero-order valence-corrected chi connectivity index (χ0v) is 12.8. The van der Waals surface area contributed by atoms with Crippen LogP contribution < -0.4 is 4.74 Å². The first-order chi connectivity index (χ1) is 9.19. The fraction of sp³-hybridized carbons (Fsp3) is 0.133. The van der Waals surface area contributed by atoms with Crippen molar-refractivity contribution >= 4 is 33.5 Å². The summed E-state index contributed by atoms with van der Waals surface area (Å²) >= 11 is 4.87. The molecule has 0 fully saturated rings. The van der Waals surface area contributed by atoms with Gasteiger partial charge in [-0.3, -0.25) is 4.79 Å². The van der Waals surface area contributed by atoms with Crippen LogP contribution in [0, 0.1) is 0 Å². The molecular formula is C15H13BrO2S. The number of benzene rings is 2. The van der Waals surface area contributed by atoms with E-state index in [0.29, 0.717) is 5.75 Å². The number of thioether (sulfide) groups is 1. The second kappa shape index (κ2) is 6.78. The number of hydrogen-bond donors (Lipinski definition) is 0. The lowest BCUT2D eigenvalue weighted by molar-refractivity contribution is 0.102. The van der Waals surface area contributed by atoms with Gasteiger partial charge in [-0.25, -0.2) is 0 Å². The van der Waals surface area contributed by atoms with Gasteiger partial charge in [-0.1, -0.05) is 34.1 Å². The van der Waals surface area contributed by atoms with Crippen LogP contribution in [0.5, 0.6) is 5.75 Å². The molecule has 0 saturated carbocycles. The number of hydrogen-bond acceptors (Lipinski definition) is 3. The Morgan fingerprint density at radius 2 is 1.95 bits per heavy atom. The molecule has 0 atom stereocenters. The van der Waals surface area contributed by atoms with Crippen molar-refractivity contribution < 1.29 is 9.53 Å². The van der Waals surface area contributed by atoms with Gasteiger partial charge in [0.15, 0.2) is 5.78 Å². The Morgan fingerprint density at radius 1 is 1.21 bits per heavy atom. The molecule has 2 nitrogen and oxygen atoms in total. The van der Waals surface area contributed by atoms with E-state index in [4.69, 9.17) is 4.74 Å². The molecule has 2 rings (SSSR count). The highest BCUT2D eigenvalue weighted by atomic mass is 79.9. The van der Waals surface area contributed by atoms with Gasteiger partial charge in [0.25, 0.3) is 0 Å². The number of halogens is 1. The Balaban J connectivity index is 1.98. The summed E-state index contributed by atoms with van der Waals surface area (Å²) in [5.41, 5.74) is 0.735. The third-order valence-corrected chi connectivity index (χ3v) is 4.10. The highest BCUT2D eigenvalue weighted by Gasteiger charge is 2.06. The summed E-state index contributed by atoms with van der Waals surface area (Å²) in [4.78, 5) is 13.0. The predicted octanol–water partition coefficient (Wildman–Crippen LogP) is 4.43. The van der Waals surface area contributed by atoms with Crippen molar-refractivity contribution in [3.63, 3.8) is 0 Å². The van der Waals surface area contributed by atoms with Crippen molar-refractivity contribution in [2.24, 2.45) is 0 Å². The van der Waals surface area contributed by atoms with Crippen LogP contribution in [0.4, 0.5) is 0 Å².